The van der Waals surface area contributed by atoms with Crippen molar-refractivity contribution in [2.45, 2.75) is 19.8 Å². The Bertz CT molecular complexity index is 1190. The van der Waals surface area contributed by atoms with Gasteiger partial charge in [0.2, 0.25) is 5.91 Å². The van der Waals surface area contributed by atoms with E-state index < -0.39 is 0 Å². The highest BCUT2D eigenvalue weighted by molar-refractivity contribution is 7.20. The van der Waals surface area contributed by atoms with Gasteiger partial charge in [0.1, 0.15) is 16.5 Å². The summed E-state index contributed by atoms with van der Waals surface area (Å²) < 4.78 is 16.2. The quantitative estimate of drug-likeness (QED) is 0.488. The van der Waals surface area contributed by atoms with Crippen molar-refractivity contribution in [1.29, 1.82) is 0 Å². The Morgan fingerprint density at radius 3 is 2.49 bits per heavy atom. The van der Waals surface area contributed by atoms with Crippen LogP contribution in [0.15, 0.2) is 48.5 Å². The number of morpholine rings is 1. The maximum Gasteiger partial charge on any atom is 0.257 e. The average molecular weight is 495 g/mol. The number of thiophene rings is 1. The Morgan fingerprint density at radius 1 is 1.06 bits per heavy atom. The number of carbonyl (C=O) groups excluding carboxylic acids is 2. The van der Waals surface area contributed by atoms with Gasteiger partial charge in [-0.25, -0.2) is 0 Å². The van der Waals surface area contributed by atoms with Crippen molar-refractivity contribution in [3.8, 4) is 21.9 Å². The van der Waals surface area contributed by atoms with Crippen molar-refractivity contribution in [2.24, 2.45) is 0 Å². The number of methoxy groups -OCH3 is 2. The van der Waals surface area contributed by atoms with Crippen molar-refractivity contribution in [3.63, 3.8) is 0 Å². The van der Waals surface area contributed by atoms with Crippen LogP contribution in [-0.2, 0) is 16.0 Å². The minimum Gasteiger partial charge on any atom is -0.497 e. The fourth-order valence-electron chi connectivity index (χ4n) is 4.16. The standard InChI is InChI=1S/C27H30N2O5S/c1-18-24(27(31)29-13-15-34-16-14-29)26(35-25(18)19-7-5-4-6-8-19)28-23(30)12-9-20-17-21(32-2)10-11-22(20)33-3/h4-8,10-11,17H,9,12-16H2,1-3H3,(H,28,30). The molecular weight excluding hydrogens is 464 g/mol. The van der Waals surface area contributed by atoms with Crippen LogP contribution in [0.5, 0.6) is 11.5 Å². The van der Waals surface area contributed by atoms with E-state index in [1.54, 1.807) is 19.1 Å². The molecule has 4 rings (SSSR count). The smallest absolute Gasteiger partial charge is 0.257 e. The van der Waals surface area contributed by atoms with Crippen LogP contribution in [0.1, 0.15) is 27.9 Å². The number of aryl methyl sites for hydroxylation is 1. The van der Waals surface area contributed by atoms with Crippen molar-refractivity contribution in [3.05, 3.63) is 65.2 Å². The number of nitrogens with zero attached hydrogens (tertiary/aromatic N) is 1. The Labute approximate surface area is 209 Å². The minimum atomic E-state index is -0.160. The maximum absolute atomic E-state index is 13.5. The van der Waals surface area contributed by atoms with Gasteiger partial charge >= 0.3 is 0 Å². The molecule has 3 aromatic rings. The van der Waals surface area contributed by atoms with Gasteiger partial charge in [-0.15, -0.1) is 11.3 Å². The van der Waals surface area contributed by atoms with E-state index in [-0.39, 0.29) is 18.2 Å². The summed E-state index contributed by atoms with van der Waals surface area (Å²) in [6, 6.07) is 15.5. The van der Waals surface area contributed by atoms with Gasteiger partial charge in [-0.1, -0.05) is 30.3 Å². The molecule has 1 saturated heterocycles. The summed E-state index contributed by atoms with van der Waals surface area (Å²) in [5.41, 5.74) is 3.34. The second-order valence-electron chi connectivity index (χ2n) is 8.26. The lowest BCUT2D eigenvalue weighted by atomic mass is 10.1. The molecule has 1 aliphatic rings. The Kier molecular flexibility index (Phi) is 8.05. The zero-order chi connectivity index (χ0) is 24.8. The predicted octanol–water partition coefficient (Wildman–Crippen LogP) is 4.78. The van der Waals surface area contributed by atoms with E-state index >= 15 is 0 Å². The molecule has 1 aromatic heterocycles. The van der Waals surface area contributed by atoms with Crippen LogP contribution in [0, 0.1) is 6.92 Å². The summed E-state index contributed by atoms with van der Waals surface area (Å²) in [5, 5.41) is 3.61. The number of amides is 2. The summed E-state index contributed by atoms with van der Waals surface area (Å²) in [6.45, 7) is 4.06. The number of rotatable bonds is 8. The molecule has 7 nitrogen and oxygen atoms in total. The lowest BCUT2D eigenvalue weighted by molar-refractivity contribution is -0.116. The van der Waals surface area contributed by atoms with E-state index in [1.165, 1.54) is 11.3 Å². The zero-order valence-electron chi connectivity index (χ0n) is 20.3. The van der Waals surface area contributed by atoms with Gasteiger partial charge in [-0.3, -0.25) is 9.59 Å². The van der Waals surface area contributed by atoms with Gasteiger partial charge < -0.3 is 24.4 Å². The van der Waals surface area contributed by atoms with Crippen molar-refractivity contribution in [2.75, 3.05) is 45.8 Å². The lowest BCUT2D eigenvalue weighted by Crippen LogP contribution is -2.41. The summed E-state index contributed by atoms with van der Waals surface area (Å²) >= 11 is 1.44. The first-order valence-electron chi connectivity index (χ1n) is 11.6. The van der Waals surface area contributed by atoms with Gasteiger partial charge in [0.15, 0.2) is 0 Å². The number of ether oxygens (including phenoxy) is 3. The zero-order valence-corrected chi connectivity index (χ0v) is 21.1. The van der Waals surface area contributed by atoms with E-state index in [2.05, 4.69) is 5.32 Å². The number of hydrogen-bond acceptors (Lipinski definition) is 6. The first-order chi connectivity index (χ1) is 17.0. The van der Waals surface area contributed by atoms with E-state index in [0.717, 1.165) is 21.6 Å². The number of hydrogen-bond donors (Lipinski definition) is 1. The summed E-state index contributed by atoms with van der Waals surface area (Å²) in [6.07, 6.45) is 0.723. The topological polar surface area (TPSA) is 77.1 Å². The molecule has 0 atom stereocenters. The van der Waals surface area contributed by atoms with Crippen molar-refractivity contribution in [1.82, 2.24) is 4.90 Å². The van der Waals surface area contributed by atoms with Crippen molar-refractivity contribution >= 4 is 28.2 Å². The minimum absolute atomic E-state index is 0.0750. The molecule has 1 N–H and O–H groups in total. The molecule has 0 saturated carbocycles. The van der Waals surface area contributed by atoms with Crippen LogP contribution < -0.4 is 14.8 Å². The Balaban J connectivity index is 1.58. The highest BCUT2D eigenvalue weighted by Gasteiger charge is 2.28. The molecule has 1 aliphatic heterocycles. The predicted molar refractivity (Wildman–Crippen MR) is 138 cm³/mol. The molecule has 2 heterocycles. The first kappa shape index (κ1) is 24.8. The molecule has 2 aromatic carbocycles. The Morgan fingerprint density at radius 2 is 1.80 bits per heavy atom. The molecule has 8 heteroatoms. The molecule has 35 heavy (non-hydrogen) atoms. The van der Waals surface area contributed by atoms with Gasteiger partial charge in [-0.2, -0.15) is 0 Å². The molecule has 184 valence electrons. The first-order valence-corrected chi connectivity index (χ1v) is 12.4. The maximum atomic E-state index is 13.5. The monoisotopic (exact) mass is 494 g/mol. The van der Waals surface area contributed by atoms with E-state index in [9.17, 15) is 9.59 Å². The van der Waals surface area contributed by atoms with Gasteiger partial charge in [0.25, 0.3) is 5.91 Å². The largest absolute Gasteiger partial charge is 0.497 e. The van der Waals surface area contributed by atoms with Crippen LogP contribution in [0.4, 0.5) is 5.00 Å². The summed E-state index contributed by atoms with van der Waals surface area (Å²) in [5.74, 6) is 1.18. The number of anilines is 1. The average Bonchev–Trinajstić information content (AvgIpc) is 3.23. The fourth-order valence-corrected chi connectivity index (χ4v) is 5.38. The lowest BCUT2D eigenvalue weighted by Gasteiger charge is -2.27. The second kappa shape index (κ2) is 11.4. The van der Waals surface area contributed by atoms with E-state index in [1.807, 2.05) is 55.5 Å². The summed E-state index contributed by atoms with van der Waals surface area (Å²) in [4.78, 5) is 29.3. The van der Waals surface area contributed by atoms with Crippen LogP contribution in [-0.4, -0.2) is 57.2 Å². The highest BCUT2D eigenvalue weighted by atomic mass is 32.1. The third-order valence-electron chi connectivity index (χ3n) is 6.06. The molecule has 0 radical (unpaired) electrons. The van der Waals surface area contributed by atoms with E-state index in [4.69, 9.17) is 14.2 Å². The van der Waals surface area contributed by atoms with Gasteiger partial charge in [-0.05, 0) is 48.2 Å². The van der Waals surface area contributed by atoms with Crippen LogP contribution in [0.3, 0.4) is 0 Å². The molecule has 0 bridgehead atoms. The van der Waals surface area contributed by atoms with Gasteiger partial charge in [0.05, 0.1) is 33.0 Å². The third-order valence-corrected chi connectivity index (χ3v) is 7.31. The molecule has 0 spiro atoms. The van der Waals surface area contributed by atoms with Crippen LogP contribution in [0.25, 0.3) is 10.4 Å². The normalized spacial score (nSPS) is 13.4. The fraction of sp³-hybridized carbons (Fsp3) is 0.333. The molecule has 2 amide bonds. The summed E-state index contributed by atoms with van der Waals surface area (Å²) in [7, 11) is 3.21. The van der Waals surface area contributed by atoms with Crippen LogP contribution in [0.2, 0.25) is 0 Å². The number of benzene rings is 2. The van der Waals surface area contributed by atoms with E-state index in [0.29, 0.717) is 54.8 Å². The second-order valence-corrected chi connectivity index (χ2v) is 9.28. The van der Waals surface area contributed by atoms with Gasteiger partial charge in [0, 0.05) is 24.4 Å². The number of nitrogens with one attached hydrogen (secondary N) is 1. The molecular formula is C27H30N2O5S. The third kappa shape index (κ3) is 5.66. The number of carbonyl (C=O) groups is 2. The van der Waals surface area contributed by atoms with Crippen LogP contribution >= 0.6 is 11.3 Å². The highest BCUT2D eigenvalue weighted by Crippen LogP contribution is 2.40. The molecule has 0 aliphatic carbocycles. The van der Waals surface area contributed by atoms with Crippen molar-refractivity contribution < 1.29 is 23.8 Å². The molecule has 1 fully saturated rings. The molecule has 0 unspecified atom stereocenters. The Hall–Kier alpha value is -3.36. The SMILES string of the molecule is COc1ccc(OC)c(CCC(=O)Nc2sc(-c3ccccc3)c(C)c2C(=O)N2CCOCC2)c1.